The summed E-state index contributed by atoms with van der Waals surface area (Å²) in [6, 6.07) is 4.54. The number of ketones is 1. The highest BCUT2D eigenvalue weighted by molar-refractivity contribution is 7.91. The van der Waals surface area contributed by atoms with Crippen molar-refractivity contribution in [1.29, 1.82) is 0 Å². The molecule has 2 aromatic heterocycles. The van der Waals surface area contributed by atoms with Crippen LogP contribution in [0.4, 0.5) is 16.0 Å². The van der Waals surface area contributed by atoms with Crippen molar-refractivity contribution >= 4 is 39.7 Å². The van der Waals surface area contributed by atoms with Crippen molar-refractivity contribution in [3.8, 4) is 11.4 Å². The number of hydrogen-bond donors (Lipinski definition) is 1. The van der Waals surface area contributed by atoms with Crippen molar-refractivity contribution in [3.63, 3.8) is 0 Å². The second-order valence-electron chi connectivity index (χ2n) is 8.12. The van der Waals surface area contributed by atoms with Crippen LogP contribution < -0.4 is 5.32 Å². The van der Waals surface area contributed by atoms with Crippen molar-refractivity contribution in [1.82, 2.24) is 19.5 Å². The van der Waals surface area contributed by atoms with E-state index in [4.69, 9.17) is 4.74 Å². The summed E-state index contributed by atoms with van der Waals surface area (Å²) in [5, 5.41) is 2.96. The number of aryl methyl sites for hydroxylation is 1. The standard InChI is InChI=1S/C22H22FN5O4S.ClH/c1-13-24-12-18(28(13)15-4-7-32-8-5-15)21-17(23)11-25-22(27-21)26-14-2-3-20-16(10-14)19(29)6-9-33(20,30)31;/h2-3,10-12,15H,4-9H2,1H3,(H,25,26,27);1H. The predicted octanol–water partition coefficient (Wildman–Crippen LogP) is 3.66. The molecule has 34 heavy (non-hydrogen) atoms. The zero-order chi connectivity index (χ0) is 23.2. The van der Waals surface area contributed by atoms with Gasteiger partial charge in [-0.2, -0.15) is 0 Å². The number of ether oxygens (including phenoxy) is 1. The second-order valence-corrected chi connectivity index (χ2v) is 10.2. The molecule has 1 fully saturated rings. The van der Waals surface area contributed by atoms with Crippen LogP contribution in [0.1, 0.15) is 41.5 Å². The minimum Gasteiger partial charge on any atom is -0.381 e. The number of carbonyl (C=O) groups excluding carboxylic acids is 1. The summed E-state index contributed by atoms with van der Waals surface area (Å²) < 4.78 is 46.7. The molecule has 1 saturated heterocycles. The maximum absolute atomic E-state index is 14.8. The minimum atomic E-state index is -3.47. The highest BCUT2D eigenvalue weighted by atomic mass is 35.5. The average Bonchev–Trinajstić information content (AvgIpc) is 3.19. The maximum Gasteiger partial charge on any atom is 0.227 e. The van der Waals surface area contributed by atoms with Crippen LogP contribution in [0, 0.1) is 12.7 Å². The molecule has 0 aliphatic carbocycles. The summed E-state index contributed by atoms with van der Waals surface area (Å²) in [6.07, 6.45) is 4.23. The molecule has 2 aliphatic rings. The van der Waals surface area contributed by atoms with Gasteiger partial charge >= 0.3 is 0 Å². The van der Waals surface area contributed by atoms with Crippen LogP contribution in [0.25, 0.3) is 11.4 Å². The lowest BCUT2D eigenvalue weighted by Crippen LogP contribution is -2.21. The van der Waals surface area contributed by atoms with Crippen LogP contribution in [-0.2, 0) is 14.6 Å². The first kappa shape index (κ1) is 24.2. The Hall–Kier alpha value is -2.89. The van der Waals surface area contributed by atoms with Crippen molar-refractivity contribution in [2.24, 2.45) is 0 Å². The van der Waals surface area contributed by atoms with Crippen LogP contribution in [-0.4, -0.2) is 52.7 Å². The molecule has 0 radical (unpaired) electrons. The Morgan fingerprint density at radius 3 is 2.71 bits per heavy atom. The van der Waals surface area contributed by atoms with E-state index in [1.807, 2.05) is 11.5 Å². The van der Waals surface area contributed by atoms with Gasteiger partial charge in [0.25, 0.3) is 0 Å². The van der Waals surface area contributed by atoms with E-state index in [0.29, 0.717) is 24.6 Å². The third-order valence-corrected chi connectivity index (χ3v) is 7.76. The summed E-state index contributed by atoms with van der Waals surface area (Å²) in [5.41, 5.74) is 1.23. The quantitative estimate of drug-likeness (QED) is 0.568. The second kappa shape index (κ2) is 9.40. The number of fused-ring (bicyclic) bond motifs is 1. The van der Waals surface area contributed by atoms with E-state index in [1.165, 1.54) is 18.2 Å². The van der Waals surface area contributed by atoms with E-state index < -0.39 is 15.7 Å². The van der Waals surface area contributed by atoms with Gasteiger partial charge in [0.15, 0.2) is 21.4 Å². The number of sulfone groups is 1. The Kier molecular flexibility index (Phi) is 6.70. The Balaban J connectivity index is 0.00000274. The van der Waals surface area contributed by atoms with E-state index in [1.54, 1.807) is 6.20 Å². The van der Waals surface area contributed by atoms with Gasteiger partial charge in [-0.15, -0.1) is 12.4 Å². The van der Waals surface area contributed by atoms with E-state index in [9.17, 15) is 17.6 Å². The molecule has 1 aromatic carbocycles. The first-order chi connectivity index (χ1) is 15.8. The lowest BCUT2D eigenvalue weighted by atomic mass is 10.1. The molecule has 3 aromatic rings. The molecule has 180 valence electrons. The average molecular weight is 508 g/mol. The number of imidazole rings is 1. The number of Topliss-reactive ketones (excluding diaryl/α,β-unsaturated/α-hetero) is 1. The highest BCUT2D eigenvalue weighted by Crippen LogP contribution is 2.32. The maximum atomic E-state index is 14.8. The Labute approximate surface area is 202 Å². The first-order valence-corrected chi connectivity index (χ1v) is 12.3. The largest absolute Gasteiger partial charge is 0.381 e. The molecule has 0 bridgehead atoms. The Morgan fingerprint density at radius 1 is 1.18 bits per heavy atom. The number of carbonyl (C=O) groups is 1. The van der Waals surface area contributed by atoms with Gasteiger partial charge in [0, 0.05) is 36.9 Å². The third kappa shape index (κ3) is 4.42. The molecule has 0 unspecified atom stereocenters. The molecule has 2 aliphatic heterocycles. The van der Waals surface area contributed by atoms with Gasteiger partial charge in [-0.3, -0.25) is 4.79 Å². The van der Waals surface area contributed by atoms with E-state index >= 15 is 0 Å². The normalized spacial score (nSPS) is 17.6. The van der Waals surface area contributed by atoms with Gasteiger partial charge in [0.2, 0.25) is 5.95 Å². The van der Waals surface area contributed by atoms with Crippen LogP contribution in [0.5, 0.6) is 0 Å². The van der Waals surface area contributed by atoms with Gasteiger partial charge in [-0.1, -0.05) is 0 Å². The van der Waals surface area contributed by atoms with Crippen LogP contribution >= 0.6 is 12.4 Å². The molecule has 5 rings (SSSR count). The lowest BCUT2D eigenvalue weighted by molar-refractivity contribution is 0.0694. The number of aromatic nitrogens is 4. The zero-order valence-corrected chi connectivity index (χ0v) is 20.0. The number of nitrogens with one attached hydrogen (secondary N) is 1. The fourth-order valence-electron chi connectivity index (χ4n) is 4.34. The van der Waals surface area contributed by atoms with Crippen molar-refractivity contribution in [2.45, 2.75) is 37.1 Å². The summed E-state index contributed by atoms with van der Waals surface area (Å²) in [5.74, 6) is -0.120. The van der Waals surface area contributed by atoms with Crippen molar-refractivity contribution in [2.75, 3.05) is 24.3 Å². The molecule has 4 heterocycles. The number of nitrogens with zero attached hydrogens (tertiary/aromatic N) is 4. The molecular formula is C22H23ClFN5O4S. The van der Waals surface area contributed by atoms with Gasteiger partial charge < -0.3 is 14.6 Å². The number of benzene rings is 1. The molecule has 0 atom stereocenters. The lowest BCUT2D eigenvalue weighted by Gasteiger charge is -2.26. The summed E-state index contributed by atoms with van der Waals surface area (Å²) in [4.78, 5) is 25.1. The number of anilines is 2. The van der Waals surface area contributed by atoms with Gasteiger partial charge in [-0.05, 0) is 38.0 Å². The number of halogens is 2. The molecule has 0 saturated carbocycles. The van der Waals surface area contributed by atoms with Crippen LogP contribution in [0.15, 0.2) is 35.5 Å². The Morgan fingerprint density at radius 2 is 1.94 bits per heavy atom. The van der Waals surface area contributed by atoms with Gasteiger partial charge in [-0.25, -0.2) is 27.8 Å². The van der Waals surface area contributed by atoms with Crippen molar-refractivity contribution in [3.05, 3.63) is 47.8 Å². The summed E-state index contributed by atoms with van der Waals surface area (Å²) in [7, 11) is -3.47. The summed E-state index contributed by atoms with van der Waals surface area (Å²) in [6.45, 7) is 3.14. The Bertz CT molecular complexity index is 1360. The SMILES string of the molecule is Cc1ncc(-c2nc(Nc3ccc4c(c3)C(=O)CCS4(=O)=O)ncc2F)n1C1CCOCC1.Cl. The number of rotatable bonds is 4. The van der Waals surface area contributed by atoms with E-state index in [0.717, 1.165) is 24.9 Å². The smallest absolute Gasteiger partial charge is 0.227 e. The summed E-state index contributed by atoms with van der Waals surface area (Å²) >= 11 is 0. The van der Waals surface area contributed by atoms with E-state index in [2.05, 4.69) is 20.3 Å². The molecule has 0 spiro atoms. The number of hydrogen-bond acceptors (Lipinski definition) is 8. The molecular weight excluding hydrogens is 485 g/mol. The fourth-order valence-corrected chi connectivity index (χ4v) is 5.79. The predicted molar refractivity (Wildman–Crippen MR) is 125 cm³/mol. The van der Waals surface area contributed by atoms with Gasteiger partial charge in [0.05, 0.1) is 28.7 Å². The monoisotopic (exact) mass is 507 g/mol. The van der Waals surface area contributed by atoms with Crippen LogP contribution in [0.2, 0.25) is 0 Å². The molecule has 12 heteroatoms. The molecule has 1 N–H and O–H groups in total. The fraction of sp³-hybridized carbons (Fsp3) is 0.364. The van der Waals surface area contributed by atoms with Gasteiger partial charge in [0.1, 0.15) is 11.5 Å². The minimum absolute atomic E-state index is 0. The van der Waals surface area contributed by atoms with Crippen LogP contribution in [0.3, 0.4) is 0 Å². The molecule has 9 nitrogen and oxygen atoms in total. The van der Waals surface area contributed by atoms with E-state index in [-0.39, 0.29) is 58.5 Å². The molecule has 0 amide bonds. The topological polar surface area (TPSA) is 116 Å². The highest BCUT2D eigenvalue weighted by Gasteiger charge is 2.29. The van der Waals surface area contributed by atoms with Crippen molar-refractivity contribution < 1.29 is 22.3 Å². The zero-order valence-electron chi connectivity index (χ0n) is 18.3. The first-order valence-electron chi connectivity index (χ1n) is 10.6. The third-order valence-electron chi connectivity index (χ3n) is 5.99.